The highest BCUT2D eigenvalue weighted by molar-refractivity contribution is 7.47. The molecular formula is C80H156O17P2. The van der Waals surface area contributed by atoms with Crippen molar-refractivity contribution < 1.29 is 80.2 Å². The van der Waals surface area contributed by atoms with Gasteiger partial charge in [-0.3, -0.25) is 37.3 Å². The van der Waals surface area contributed by atoms with Crippen LogP contribution in [0.2, 0.25) is 0 Å². The van der Waals surface area contributed by atoms with Crippen molar-refractivity contribution in [2.24, 2.45) is 11.8 Å². The molecule has 0 radical (unpaired) electrons. The first kappa shape index (κ1) is 97.1. The Bertz CT molecular complexity index is 1910. The van der Waals surface area contributed by atoms with E-state index in [0.717, 1.165) is 102 Å². The van der Waals surface area contributed by atoms with Crippen LogP contribution in [-0.4, -0.2) is 96.7 Å². The molecule has 0 fully saturated rings. The minimum atomic E-state index is -4.96. The van der Waals surface area contributed by atoms with Crippen LogP contribution in [0.3, 0.4) is 0 Å². The summed E-state index contributed by atoms with van der Waals surface area (Å²) in [5.41, 5.74) is 0. The smallest absolute Gasteiger partial charge is 0.462 e. The molecule has 0 amide bonds. The summed E-state index contributed by atoms with van der Waals surface area (Å²) < 4.78 is 68.7. The van der Waals surface area contributed by atoms with Gasteiger partial charge in [-0.2, -0.15) is 0 Å². The Balaban J connectivity index is 5.24. The highest BCUT2D eigenvalue weighted by atomic mass is 31.2. The van der Waals surface area contributed by atoms with E-state index in [1.807, 2.05) is 0 Å². The number of phosphoric ester groups is 2. The van der Waals surface area contributed by atoms with Crippen LogP contribution in [0.1, 0.15) is 420 Å². The fourth-order valence-electron chi connectivity index (χ4n) is 12.4. The van der Waals surface area contributed by atoms with E-state index in [1.54, 1.807) is 0 Å². The van der Waals surface area contributed by atoms with Gasteiger partial charge in [0.25, 0.3) is 0 Å². The Labute approximate surface area is 607 Å². The summed E-state index contributed by atoms with van der Waals surface area (Å²) in [6.07, 6.45) is 61.0. The molecule has 0 saturated carbocycles. The van der Waals surface area contributed by atoms with Gasteiger partial charge in [-0.05, 0) is 37.5 Å². The number of ether oxygens (including phenoxy) is 4. The van der Waals surface area contributed by atoms with E-state index in [0.29, 0.717) is 25.7 Å². The molecule has 0 aromatic carbocycles. The zero-order valence-corrected chi connectivity index (χ0v) is 66.6. The molecule has 0 aromatic rings. The number of carbonyl (C=O) groups excluding carboxylic acids is 4. The van der Waals surface area contributed by atoms with Crippen LogP contribution in [0.25, 0.3) is 0 Å². The van der Waals surface area contributed by atoms with Crippen LogP contribution < -0.4 is 0 Å². The lowest BCUT2D eigenvalue weighted by Crippen LogP contribution is -2.30. The molecule has 2 unspecified atom stereocenters. The van der Waals surface area contributed by atoms with Crippen molar-refractivity contribution in [3.05, 3.63) is 0 Å². The van der Waals surface area contributed by atoms with Crippen molar-refractivity contribution in [2.75, 3.05) is 39.6 Å². The van der Waals surface area contributed by atoms with Gasteiger partial charge in [0, 0.05) is 25.7 Å². The molecule has 588 valence electrons. The molecule has 19 heteroatoms. The van der Waals surface area contributed by atoms with Crippen molar-refractivity contribution >= 4 is 39.5 Å². The Hall–Kier alpha value is -1.94. The average molecular weight is 1450 g/mol. The highest BCUT2D eigenvalue weighted by Crippen LogP contribution is 2.45. The Kier molecular flexibility index (Phi) is 70.3. The maximum Gasteiger partial charge on any atom is 0.472 e. The van der Waals surface area contributed by atoms with E-state index >= 15 is 0 Å². The van der Waals surface area contributed by atoms with Gasteiger partial charge in [-0.15, -0.1) is 0 Å². The highest BCUT2D eigenvalue weighted by Gasteiger charge is 2.30. The van der Waals surface area contributed by atoms with E-state index in [1.165, 1.54) is 238 Å². The number of carbonyl (C=O) groups is 4. The molecule has 0 saturated heterocycles. The zero-order valence-electron chi connectivity index (χ0n) is 64.8. The van der Waals surface area contributed by atoms with Gasteiger partial charge in [0.05, 0.1) is 26.4 Å². The number of aliphatic hydroxyl groups excluding tert-OH is 1. The van der Waals surface area contributed by atoms with E-state index in [2.05, 4.69) is 41.5 Å². The largest absolute Gasteiger partial charge is 0.472 e. The second-order valence-corrected chi connectivity index (χ2v) is 32.7. The third-order valence-electron chi connectivity index (χ3n) is 18.7. The summed E-state index contributed by atoms with van der Waals surface area (Å²) in [4.78, 5) is 73.0. The van der Waals surface area contributed by atoms with Gasteiger partial charge in [0.1, 0.15) is 19.3 Å². The lowest BCUT2D eigenvalue weighted by molar-refractivity contribution is -0.161. The number of hydrogen-bond acceptors (Lipinski definition) is 15. The molecule has 17 nitrogen and oxygen atoms in total. The van der Waals surface area contributed by atoms with Crippen LogP contribution in [-0.2, 0) is 65.4 Å². The van der Waals surface area contributed by atoms with Gasteiger partial charge in [-0.25, -0.2) is 9.13 Å². The number of unbranched alkanes of at least 4 members (excludes halogenated alkanes) is 49. The second kappa shape index (κ2) is 71.7. The molecule has 0 aromatic heterocycles. The summed E-state index contributed by atoms with van der Waals surface area (Å²) in [5.74, 6) is -0.574. The van der Waals surface area contributed by atoms with Crippen LogP contribution in [0.4, 0.5) is 0 Å². The Morgan fingerprint density at radius 1 is 0.273 bits per heavy atom. The van der Waals surface area contributed by atoms with E-state index in [9.17, 15) is 43.2 Å². The van der Waals surface area contributed by atoms with Crippen molar-refractivity contribution in [1.82, 2.24) is 0 Å². The van der Waals surface area contributed by atoms with Crippen molar-refractivity contribution in [2.45, 2.75) is 439 Å². The minimum absolute atomic E-state index is 0.106. The number of esters is 4. The quantitative estimate of drug-likeness (QED) is 0.0222. The van der Waals surface area contributed by atoms with Gasteiger partial charge in [0.15, 0.2) is 12.2 Å². The Morgan fingerprint density at radius 3 is 0.687 bits per heavy atom. The molecule has 0 bridgehead atoms. The number of phosphoric acid groups is 2. The molecule has 0 heterocycles. The Morgan fingerprint density at radius 2 is 0.465 bits per heavy atom. The lowest BCUT2D eigenvalue weighted by Gasteiger charge is -2.21. The summed E-state index contributed by atoms with van der Waals surface area (Å²) in [5, 5.41) is 10.6. The molecule has 0 spiro atoms. The normalized spacial score (nSPS) is 13.9. The molecule has 5 atom stereocenters. The van der Waals surface area contributed by atoms with Crippen LogP contribution >= 0.6 is 15.6 Å². The predicted octanol–water partition coefficient (Wildman–Crippen LogP) is 23.9. The first-order chi connectivity index (χ1) is 47.9. The summed E-state index contributed by atoms with van der Waals surface area (Å²) in [6.45, 7) is 9.62. The number of hydrogen-bond donors (Lipinski definition) is 3. The van der Waals surface area contributed by atoms with Crippen molar-refractivity contribution in [3.8, 4) is 0 Å². The molecule has 0 aliphatic carbocycles. The van der Waals surface area contributed by atoms with Crippen LogP contribution in [0.5, 0.6) is 0 Å². The fraction of sp³-hybridized carbons (Fsp3) is 0.950. The third kappa shape index (κ3) is 74.1. The molecule has 0 rings (SSSR count). The maximum atomic E-state index is 13.1. The second-order valence-electron chi connectivity index (χ2n) is 29.8. The van der Waals surface area contributed by atoms with Crippen LogP contribution in [0.15, 0.2) is 0 Å². The SMILES string of the molecule is CCCCCCCCCCCCCCCCCCCCCC(=O)O[C@H](COC(=O)CCCCCCCCCCCCCCCCC(C)C)COP(=O)(O)OC[C@@H](O)COP(=O)(O)OC[C@@H](COC(=O)CCCCCCCCCCCCC)OC(=O)CCCCCCCCCCCC(C)C. The van der Waals surface area contributed by atoms with Crippen LogP contribution in [0, 0.1) is 11.8 Å². The molecule has 99 heavy (non-hydrogen) atoms. The third-order valence-corrected chi connectivity index (χ3v) is 20.6. The summed E-state index contributed by atoms with van der Waals surface area (Å²) in [7, 11) is -9.92. The average Bonchev–Trinajstić information content (AvgIpc) is 1.01. The van der Waals surface area contributed by atoms with Crippen molar-refractivity contribution in [1.29, 1.82) is 0 Å². The number of aliphatic hydroxyl groups is 1. The molecule has 3 N–H and O–H groups in total. The molecular weight excluding hydrogens is 1290 g/mol. The summed E-state index contributed by atoms with van der Waals surface area (Å²) >= 11 is 0. The fourth-order valence-corrected chi connectivity index (χ4v) is 13.9. The van der Waals surface area contributed by atoms with Gasteiger partial charge < -0.3 is 33.8 Å². The standard InChI is InChI=1S/C80H156O17P2/c1-7-9-11-13-15-17-19-20-21-22-23-24-25-30-34-40-46-52-58-64-79(84)96-75(68-91-78(83)63-57-51-45-39-33-29-27-26-28-32-36-42-48-54-60-72(3)4)70-94-98(86,87)92-66-74(81)67-93-99(88,89)95-71-76(69-90-77(82)62-56-50-44-38-31-18-16-14-12-10-8-2)97-80(85)65-59-53-47-41-35-37-43-49-55-61-73(5)6/h72-76,81H,7-71H2,1-6H3,(H,86,87)(H,88,89)/t74-,75-,76-/m1/s1. The summed E-state index contributed by atoms with van der Waals surface area (Å²) in [6, 6.07) is 0. The lowest BCUT2D eigenvalue weighted by atomic mass is 10.0. The van der Waals surface area contributed by atoms with Gasteiger partial charge in [0.2, 0.25) is 0 Å². The molecule has 0 aliphatic heterocycles. The minimum Gasteiger partial charge on any atom is -0.462 e. The molecule has 0 aliphatic rings. The van der Waals surface area contributed by atoms with Gasteiger partial charge >= 0.3 is 39.5 Å². The topological polar surface area (TPSA) is 237 Å². The monoisotopic (exact) mass is 1450 g/mol. The maximum absolute atomic E-state index is 13.1. The first-order valence-corrected chi connectivity index (χ1v) is 44.5. The number of rotatable bonds is 79. The van der Waals surface area contributed by atoms with E-state index < -0.39 is 97.5 Å². The van der Waals surface area contributed by atoms with Gasteiger partial charge in [-0.1, -0.05) is 369 Å². The zero-order chi connectivity index (χ0) is 72.8. The van der Waals surface area contributed by atoms with Crippen molar-refractivity contribution in [3.63, 3.8) is 0 Å². The van der Waals surface area contributed by atoms with E-state index in [-0.39, 0.29) is 25.7 Å². The predicted molar refractivity (Wildman–Crippen MR) is 405 cm³/mol. The van der Waals surface area contributed by atoms with E-state index in [4.69, 9.17) is 37.0 Å². The first-order valence-electron chi connectivity index (χ1n) is 41.5.